The summed E-state index contributed by atoms with van der Waals surface area (Å²) < 4.78 is 10.8. The molecule has 0 spiro atoms. The second-order valence-electron chi connectivity index (χ2n) is 5.33. The quantitative estimate of drug-likeness (QED) is 0.749. The van der Waals surface area contributed by atoms with E-state index in [1.165, 1.54) is 31.2 Å². The molecule has 0 radical (unpaired) electrons. The Morgan fingerprint density at radius 3 is 2.39 bits per heavy atom. The Morgan fingerprint density at radius 2 is 1.83 bits per heavy atom. The minimum Gasteiger partial charge on any atom is -0.497 e. The van der Waals surface area contributed by atoms with Gasteiger partial charge < -0.3 is 9.47 Å². The highest BCUT2D eigenvalue weighted by molar-refractivity contribution is 9.09. The molecule has 0 amide bonds. The zero-order valence-corrected chi connectivity index (χ0v) is 12.9. The fraction of sp³-hybridized carbons (Fsp3) is 0.600. The van der Waals surface area contributed by atoms with E-state index < -0.39 is 0 Å². The van der Waals surface area contributed by atoms with Gasteiger partial charge in [0.25, 0.3) is 0 Å². The number of hydrogen-bond acceptors (Lipinski definition) is 2. The van der Waals surface area contributed by atoms with Gasteiger partial charge in [-0.2, -0.15) is 0 Å². The van der Waals surface area contributed by atoms with E-state index in [0.717, 1.165) is 11.5 Å². The zero-order chi connectivity index (χ0) is 13.2. The third-order valence-corrected chi connectivity index (χ3v) is 5.67. The molecule has 0 N–H and O–H groups in total. The van der Waals surface area contributed by atoms with Crippen molar-refractivity contribution in [3.05, 3.63) is 23.8 Å². The summed E-state index contributed by atoms with van der Waals surface area (Å²) in [5.41, 5.74) is 1.56. The molecule has 1 saturated carbocycles. The van der Waals surface area contributed by atoms with Crippen molar-refractivity contribution in [2.24, 2.45) is 5.41 Å². The predicted octanol–water partition coefficient (Wildman–Crippen LogP) is 4.72. The molecular weight excluding hydrogens is 292 g/mol. The van der Waals surface area contributed by atoms with Crippen LogP contribution in [0.3, 0.4) is 0 Å². The average molecular weight is 313 g/mol. The Labute approximate surface area is 118 Å². The van der Waals surface area contributed by atoms with Crippen LogP contribution in [0.25, 0.3) is 0 Å². The number of hydrogen-bond donors (Lipinski definition) is 0. The number of halogens is 1. The Kier molecular flexibility index (Phi) is 4.21. The second-order valence-corrected chi connectivity index (χ2v) is 6.25. The molecule has 1 atom stereocenters. The molecule has 1 aliphatic rings. The summed E-state index contributed by atoms with van der Waals surface area (Å²) >= 11 is 3.89. The van der Waals surface area contributed by atoms with Gasteiger partial charge in [0.2, 0.25) is 0 Å². The lowest BCUT2D eigenvalue weighted by atomic mass is 9.82. The van der Waals surface area contributed by atoms with Gasteiger partial charge >= 0.3 is 0 Å². The Hall–Kier alpha value is -0.700. The lowest BCUT2D eigenvalue weighted by molar-refractivity contribution is 0.321. The van der Waals surface area contributed by atoms with E-state index in [4.69, 9.17) is 9.47 Å². The van der Waals surface area contributed by atoms with E-state index in [0.29, 0.717) is 10.2 Å². The third kappa shape index (κ3) is 2.51. The molecule has 0 saturated heterocycles. The molecule has 1 aromatic rings. The first-order valence-corrected chi connectivity index (χ1v) is 7.38. The van der Waals surface area contributed by atoms with Crippen molar-refractivity contribution in [3.63, 3.8) is 0 Å². The molecular formula is C15H21BrO2. The van der Waals surface area contributed by atoms with E-state index in [-0.39, 0.29) is 0 Å². The molecule has 1 fully saturated rings. The highest BCUT2D eigenvalue weighted by Gasteiger charge is 2.37. The average Bonchev–Trinajstić information content (AvgIpc) is 2.85. The van der Waals surface area contributed by atoms with Gasteiger partial charge in [-0.05, 0) is 24.3 Å². The van der Waals surface area contributed by atoms with Crippen molar-refractivity contribution in [2.75, 3.05) is 14.2 Å². The molecule has 0 aromatic heterocycles. The maximum absolute atomic E-state index is 5.50. The molecule has 3 heteroatoms. The van der Waals surface area contributed by atoms with Crippen molar-refractivity contribution < 1.29 is 9.47 Å². The highest BCUT2D eigenvalue weighted by Crippen LogP contribution is 2.53. The summed E-state index contributed by atoms with van der Waals surface area (Å²) in [5, 5.41) is 0. The van der Waals surface area contributed by atoms with Crippen molar-refractivity contribution in [1.82, 2.24) is 0 Å². The van der Waals surface area contributed by atoms with Gasteiger partial charge in [0.1, 0.15) is 11.5 Å². The molecule has 0 bridgehead atoms. The number of rotatable bonds is 4. The van der Waals surface area contributed by atoms with E-state index >= 15 is 0 Å². The van der Waals surface area contributed by atoms with E-state index in [9.17, 15) is 0 Å². The normalized spacial score (nSPS) is 19.6. The maximum atomic E-state index is 5.50. The molecule has 2 nitrogen and oxygen atoms in total. The first kappa shape index (κ1) is 13.7. The molecule has 1 aromatic carbocycles. The number of ether oxygens (including phenoxy) is 2. The molecule has 100 valence electrons. The minimum absolute atomic E-state index is 0.335. The van der Waals surface area contributed by atoms with Crippen molar-refractivity contribution in [3.8, 4) is 11.5 Å². The summed E-state index contributed by atoms with van der Waals surface area (Å²) in [6.45, 7) is 2.36. The molecule has 0 aliphatic heterocycles. The fourth-order valence-corrected chi connectivity index (χ4v) is 3.68. The second kappa shape index (κ2) is 5.52. The van der Waals surface area contributed by atoms with Gasteiger partial charge in [-0.1, -0.05) is 41.8 Å². The van der Waals surface area contributed by atoms with Gasteiger partial charge in [-0.25, -0.2) is 0 Å². The van der Waals surface area contributed by atoms with Crippen LogP contribution < -0.4 is 9.47 Å². The summed E-state index contributed by atoms with van der Waals surface area (Å²) in [6.07, 6.45) is 5.21. The third-order valence-electron chi connectivity index (χ3n) is 4.07. The smallest absolute Gasteiger partial charge is 0.126 e. The fourth-order valence-electron chi connectivity index (χ4n) is 2.84. The highest BCUT2D eigenvalue weighted by atomic mass is 79.9. The van der Waals surface area contributed by atoms with Gasteiger partial charge in [-0.15, -0.1) is 0 Å². The van der Waals surface area contributed by atoms with Gasteiger partial charge in [0.05, 0.1) is 14.2 Å². The Bertz CT molecular complexity index is 411. The number of alkyl halides is 1. The zero-order valence-electron chi connectivity index (χ0n) is 11.3. The molecule has 0 heterocycles. The first-order valence-electron chi connectivity index (χ1n) is 6.47. The predicted molar refractivity (Wildman–Crippen MR) is 77.8 cm³/mol. The largest absolute Gasteiger partial charge is 0.497 e. The summed E-state index contributed by atoms with van der Waals surface area (Å²) in [4.78, 5) is 0.341. The van der Waals surface area contributed by atoms with Crippen molar-refractivity contribution >= 4 is 15.9 Å². The summed E-state index contributed by atoms with van der Waals surface area (Å²) in [7, 11) is 3.40. The van der Waals surface area contributed by atoms with Crippen LogP contribution in [0, 0.1) is 5.41 Å². The van der Waals surface area contributed by atoms with Gasteiger partial charge in [0.15, 0.2) is 0 Å². The van der Waals surface area contributed by atoms with Crippen LogP contribution in [-0.2, 0) is 0 Å². The van der Waals surface area contributed by atoms with Crippen LogP contribution in [0.2, 0.25) is 0 Å². The molecule has 18 heavy (non-hydrogen) atoms. The lowest BCUT2D eigenvalue weighted by Crippen LogP contribution is -2.18. The molecule has 1 unspecified atom stereocenters. The number of methoxy groups -OCH3 is 2. The van der Waals surface area contributed by atoms with Crippen LogP contribution >= 0.6 is 15.9 Å². The monoisotopic (exact) mass is 312 g/mol. The van der Waals surface area contributed by atoms with Crippen LogP contribution in [0.5, 0.6) is 11.5 Å². The van der Waals surface area contributed by atoms with Gasteiger partial charge in [-0.3, -0.25) is 0 Å². The van der Waals surface area contributed by atoms with Crippen LogP contribution in [0.1, 0.15) is 43.0 Å². The van der Waals surface area contributed by atoms with Crippen LogP contribution in [-0.4, -0.2) is 14.2 Å². The Balaban J connectivity index is 2.32. The maximum Gasteiger partial charge on any atom is 0.126 e. The SMILES string of the molecule is COc1ccc(C(Br)C2(C)CCCC2)c(OC)c1. The van der Waals surface area contributed by atoms with Crippen LogP contribution in [0.4, 0.5) is 0 Å². The molecule has 2 rings (SSSR count). The van der Waals surface area contributed by atoms with E-state index in [2.05, 4.69) is 28.9 Å². The first-order chi connectivity index (χ1) is 8.60. The van der Waals surface area contributed by atoms with Crippen molar-refractivity contribution in [1.29, 1.82) is 0 Å². The Morgan fingerprint density at radius 1 is 1.17 bits per heavy atom. The number of benzene rings is 1. The van der Waals surface area contributed by atoms with E-state index in [1.54, 1.807) is 14.2 Å². The summed E-state index contributed by atoms with van der Waals surface area (Å²) in [5.74, 6) is 1.75. The standard InChI is InChI=1S/C15H21BrO2/c1-15(8-4-5-9-15)14(16)12-7-6-11(17-2)10-13(12)18-3/h6-7,10,14H,4-5,8-9H2,1-3H3. The van der Waals surface area contributed by atoms with Crippen molar-refractivity contribution in [2.45, 2.75) is 37.4 Å². The van der Waals surface area contributed by atoms with Gasteiger partial charge in [0, 0.05) is 16.5 Å². The van der Waals surface area contributed by atoms with E-state index in [1.807, 2.05) is 12.1 Å². The van der Waals surface area contributed by atoms with Crippen LogP contribution in [0.15, 0.2) is 18.2 Å². The topological polar surface area (TPSA) is 18.5 Å². The molecule has 1 aliphatic carbocycles. The minimum atomic E-state index is 0.335. The summed E-state index contributed by atoms with van der Waals surface area (Å²) in [6, 6.07) is 6.08. The lowest BCUT2D eigenvalue weighted by Gasteiger charge is -2.31.